The summed E-state index contributed by atoms with van der Waals surface area (Å²) in [5.74, 6) is -0.362. The average Bonchev–Trinajstić information content (AvgIpc) is 2.82. The van der Waals surface area contributed by atoms with Crippen LogP contribution in [-0.2, 0) is 0 Å². The van der Waals surface area contributed by atoms with Gasteiger partial charge in [-0.1, -0.05) is 81.8 Å². The second-order valence-corrected chi connectivity index (χ2v) is 9.19. The molecule has 0 amide bonds. The Morgan fingerprint density at radius 1 is 0.935 bits per heavy atom. The number of nitrogens with zero attached hydrogens (tertiary/aromatic N) is 1. The Balaban J connectivity index is 1.53. The number of nitriles is 1. The van der Waals surface area contributed by atoms with Gasteiger partial charge in [0, 0.05) is 0 Å². The molecule has 0 radical (unpaired) electrons. The van der Waals surface area contributed by atoms with Crippen LogP contribution in [0.2, 0.25) is 0 Å². The molecule has 0 aliphatic heterocycles. The van der Waals surface area contributed by atoms with E-state index in [2.05, 4.69) is 37.3 Å². The van der Waals surface area contributed by atoms with Gasteiger partial charge in [0.05, 0.1) is 17.0 Å². The smallest absolute Gasteiger partial charge is 0.335 e. The zero-order valence-corrected chi connectivity index (χ0v) is 18.8. The van der Waals surface area contributed by atoms with Gasteiger partial charge < -0.3 is 5.11 Å². The molecule has 0 aromatic heterocycles. The minimum Gasteiger partial charge on any atom is -0.478 e. The molecule has 2 aromatic carbocycles. The van der Waals surface area contributed by atoms with Crippen molar-refractivity contribution in [1.82, 2.24) is 0 Å². The Morgan fingerprint density at radius 3 is 2.03 bits per heavy atom. The number of carbonyl (C=O) groups is 1. The second-order valence-electron chi connectivity index (χ2n) is 9.19. The number of aromatic carboxylic acids is 1. The van der Waals surface area contributed by atoms with Crippen LogP contribution >= 0.6 is 0 Å². The first kappa shape index (κ1) is 23.1. The quantitative estimate of drug-likeness (QED) is 0.399. The van der Waals surface area contributed by atoms with Crippen LogP contribution in [0.1, 0.15) is 99.4 Å². The van der Waals surface area contributed by atoms with Crippen LogP contribution < -0.4 is 0 Å². The average molecular weight is 418 g/mol. The summed E-state index contributed by atoms with van der Waals surface area (Å²) < 4.78 is 0. The Morgan fingerprint density at radius 2 is 1.48 bits per heavy atom. The molecule has 3 nitrogen and oxygen atoms in total. The largest absolute Gasteiger partial charge is 0.478 e. The number of carboxylic acid groups (broad SMARTS) is 1. The fraction of sp³-hybridized carbons (Fsp3) is 0.500. The van der Waals surface area contributed by atoms with Gasteiger partial charge in [-0.2, -0.15) is 5.26 Å². The normalized spacial score (nSPS) is 20.8. The maximum atomic E-state index is 11.0. The van der Waals surface area contributed by atoms with Gasteiger partial charge in [0.2, 0.25) is 0 Å². The number of hydrogen-bond donors (Lipinski definition) is 1. The highest BCUT2D eigenvalue weighted by molar-refractivity contribution is 5.88. The third-order valence-electron chi connectivity index (χ3n) is 7.04. The summed E-state index contributed by atoms with van der Waals surface area (Å²) in [5.41, 5.74) is 3.70. The molecule has 0 unspecified atom stereocenters. The summed E-state index contributed by atoms with van der Waals surface area (Å²) >= 11 is 0. The Hall–Kier alpha value is -2.60. The summed E-state index contributed by atoms with van der Waals surface area (Å²) in [4.78, 5) is 11.0. The van der Waals surface area contributed by atoms with Crippen LogP contribution in [0.3, 0.4) is 0 Å². The number of unbranched alkanes of at least 4 members (excludes halogenated alkanes) is 5. The van der Waals surface area contributed by atoms with Crippen molar-refractivity contribution in [3.63, 3.8) is 0 Å². The van der Waals surface area contributed by atoms with Crippen LogP contribution in [0.15, 0.2) is 48.5 Å². The molecule has 1 aliphatic rings. The monoisotopic (exact) mass is 417 g/mol. The summed E-state index contributed by atoms with van der Waals surface area (Å²) in [6.45, 7) is 2.25. The second kappa shape index (κ2) is 11.1. The maximum absolute atomic E-state index is 11.0. The first-order valence-corrected chi connectivity index (χ1v) is 11.9. The van der Waals surface area contributed by atoms with Crippen molar-refractivity contribution in [2.75, 3.05) is 0 Å². The van der Waals surface area contributed by atoms with Crippen molar-refractivity contribution in [3.8, 4) is 17.2 Å². The van der Waals surface area contributed by atoms with E-state index in [1.54, 1.807) is 12.1 Å². The van der Waals surface area contributed by atoms with Gasteiger partial charge in [0.1, 0.15) is 0 Å². The first-order chi connectivity index (χ1) is 15.1. The van der Waals surface area contributed by atoms with Gasteiger partial charge in [-0.3, -0.25) is 0 Å². The van der Waals surface area contributed by atoms with Crippen LogP contribution in [0.25, 0.3) is 11.1 Å². The SMILES string of the molecule is CCCCCCCCC1(C#N)CCC(c2ccc(-c3ccc(C(=O)O)cc3)cc2)CC1. The lowest BCUT2D eigenvalue weighted by Gasteiger charge is -2.35. The number of rotatable bonds is 10. The number of hydrogen-bond acceptors (Lipinski definition) is 2. The third-order valence-corrected chi connectivity index (χ3v) is 7.04. The fourth-order valence-corrected chi connectivity index (χ4v) is 4.92. The van der Waals surface area contributed by atoms with Gasteiger partial charge in [-0.25, -0.2) is 4.79 Å². The molecule has 164 valence electrons. The molecule has 2 aromatic rings. The predicted octanol–water partition coefficient (Wildman–Crippen LogP) is 7.97. The highest BCUT2D eigenvalue weighted by Gasteiger charge is 2.35. The van der Waals surface area contributed by atoms with E-state index in [0.717, 1.165) is 43.2 Å². The standard InChI is InChI=1S/C28H35NO2/c1-2-3-4-5-6-7-18-28(21-29)19-16-25(17-20-28)24-10-8-22(9-11-24)23-12-14-26(15-13-23)27(30)31/h8-15,25H,2-7,16-20H2,1H3,(H,30,31). The molecule has 0 atom stereocenters. The van der Waals surface area contributed by atoms with Gasteiger partial charge in [0.15, 0.2) is 0 Å². The number of carboxylic acids is 1. The lowest BCUT2D eigenvalue weighted by Crippen LogP contribution is -2.25. The van der Waals surface area contributed by atoms with Crippen molar-refractivity contribution < 1.29 is 9.90 Å². The molecule has 0 saturated heterocycles. The summed E-state index contributed by atoms with van der Waals surface area (Å²) in [6, 6.07) is 18.4. The molecule has 31 heavy (non-hydrogen) atoms. The van der Waals surface area contributed by atoms with Gasteiger partial charge in [-0.05, 0) is 66.8 Å². The van der Waals surface area contributed by atoms with Crippen molar-refractivity contribution >= 4 is 5.97 Å². The summed E-state index contributed by atoms with van der Waals surface area (Å²) in [6.07, 6.45) is 13.0. The van der Waals surface area contributed by atoms with E-state index >= 15 is 0 Å². The molecule has 1 fully saturated rings. The van der Waals surface area contributed by atoms with Crippen LogP contribution in [0, 0.1) is 16.7 Å². The van der Waals surface area contributed by atoms with Crippen molar-refractivity contribution in [2.24, 2.45) is 5.41 Å². The van der Waals surface area contributed by atoms with Crippen LogP contribution in [0.5, 0.6) is 0 Å². The van der Waals surface area contributed by atoms with E-state index in [1.165, 1.54) is 44.1 Å². The molecule has 1 N–H and O–H groups in total. The maximum Gasteiger partial charge on any atom is 0.335 e. The molecule has 1 saturated carbocycles. The van der Waals surface area contributed by atoms with Gasteiger partial charge in [0.25, 0.3) is 0 Å². The minimum absolute atomic E-state index is 0.104. The highest BCUT2D eigenvalue weighted by Crippen LogP contribution is 2.45. The Bertz CT molecular complexity index is 869. The first-order valence-electron chi connectivity index (χ1n) is 11.9. The van der Waals surface area contributed by atoms with Crippen LogP contribution in [0.4, 0.5) is 0 Å². The highest BCUT2D eigenvalue weighted by atomic mass is 16.4. The summed E-state index contributed by atoms with van der Waals surface area (Å²) in [5, 5.41) is 18.9. The van der Waals surface area contributed by atoms with E-state index < -0.39 is 5.97 Å². The molecule has 3 heteroatoms. The van der Waals surface area contributed by atoms with Gasteiger partial charge >= 0.3 is 5.97 Å². The van der Waals surface area contributed by atoms with Gasteiger partial charge in [-0.15, -0.1) is 0 Å². The zero-order chi connectivity index (χ0) is 22.1. The minimum atomic E-state index is -0.899. The zero-order valence-electron chi connectivity index (χ0n) is 18.8. The van der Waals surface area contributed by atoms with E-state index in [-0.39, 0.29) is 5.41 Å². The fourth-order valence-electron chi connectivity index (χ4n) is 4.92. The van der Waals surface area contributed by atoms with Crippen molar-refractivity contribution in [3.05, 3.63) is 59.7 Å². The molecule has 0 heterocycles. The summed E-state index contributed by atoms with van der Waals surface area (Å²) in [7, 11) is 0. The topological polar surface area (TPSA) is 61.1 Å². The third kappa shape index (κ3) is 6.20. The van der Waals surface area contributed by atoms with Crippen molar-refractivity contribution in [2.45, 2.75) is 83.5 Å². The molecular weight excluding hydrogens is 382 g/mol. The molecule has 0 spiro atoms. The van der Waals surface area contributed by atoms with Crippen LogP contribution in [-0.4, -0.2) is 11.1 Å². The van der Waals surface area contributed by atoms with Crippen molar-refractivity contribution in [1.29, 1.82) is 5.26 Å². The molecule has 1 aliphatic carbocycles. The Labute approximate surface area is 187 Å². The molecule has 3 rings (SSSR count). The van der Waals surface area contributed by atoms with E-state index in [0.29, 0.717) is 11.5 Å². The molecular formula is C28H35NO2. The van der Waals surface area contributed by atoms with E-state index in [1.807, 2.05) is 12.1 Å². The predicted molar refractivity (Wildman–Crippen MR) is 126 cm³/mol. The lowest BCUT2D eigenvalue weighted by molar-refractivity contribution is 0.0697. The number of benzene rings is 2. The Kier molecular flexibility index (Phi) is 8.29. The molecule has 0 bridgehead atoms. The van der Waals surface area contributed by atoms with E-state index in [9.17, 15) is 10.1 Å². The lowest BCUT2D eigenvalue weighted by atomic mass is 9.67. The van der Waals surface area contributed by atoms with E-state index in [4.69, 9.17) is 5.11 Å².